The lowest BCUT2D eigenvalue weighted by Gasteiger charge is -2.00. The number of hydrogen-bond acceptors (Lipinski definition) is 3. The molecule has 0 spiro atoms. The van der Waals surface area contributed by atoms with Crippen LogP contribution in [0.25, 0.3) is 0 Å². The summed E-state index contributed by atoms with van der Waals surface area (Å²) in [6, 6.07) is 5.14. The van der Waals surface area contributed by atoms with Gasteiger partial charge in [0.05, 0.1) is 5.56 Å². The molecule has 0 unspecified atom stereocenters. The van der Waals surface area contributed by atoms with Crippen molar-refractivity contribution < 1.29 is 17.6 Å². The summed E-state index contributed by atoms with van der Waals surface area (Å²) in [5.74, 6) is -2.47. The van der Waals surface area contributed by atoms with E-state index in [9.17, 15) is 17.6 Å². The molecule has 0 aromatic heterocycles. The highest BCUT2D eigenvalue weighted by Crippen LogP contribution is 2.07. The predicted molar refractivity (Wildman–Crippen MR) is 48.7 cm³/mol. The molecule has 1 aromatic rings. The lowest BCUT2D eigenvalue weighted by atomic mass is 10.1. The summed E-state index contributed by atoms with van der Waals surface area (Å²) in [5, 5.41) is 4.65. The molecule has 4 nitrogen and oxygen atoms in total. The van der Waals surface area contributed by atoms with E-state index in [4.69, 9.17) is 0 Å². The number of hydrogen-bond donors (Lipinski definition) is 1. The van der Waals surface area contributed by atoms with E-state index < -0.39 is 27.4 Å². The zero-order chi connectivity index (χ0) is 10.8. The molecule has 14 heavy (non-hydrogen) atoms. The molecule has 0 radical (unpaired) electrons. The minimum Gasteiger partial charge on any atom is -0.293 e. The molecule has 2 N–H and O–H groups in total. The fraction of sp³-hybridized carbons (Fsp3) is 0.125. The van der Waals surface area contributed by atoms with Crippen molar-refractivity contribution in [3.63, 3.8) is 0 Å². The maximum absolute atomic E-state index is 13.0. The third kappa shape index (κ3) is 2.90. The Morgan fingerprint density at radius 3 is 2.43 bits per heavy atom. The number of carbonyl (C=O) groups is 1. The monoisotopic (exact) mass is 217 g/mol. The number of Topliss-reactive ketones (excluding diaryl/α,β-unsaturated/α-hetero) is 1. The second-order valence-corrected chi connectivity index (χ2v) is 4.32. The lowest BCUT2D eigenvalue weighted by Crippen LogP contribution is -2.23. The maximum Gasteiger partial charge on any atom is 0.216 e. The van der Waals surface area contributed by atoms with Crippen LogP contribution in [0.15, 0.2) is 24.3 Å². The molecule has 0 fully saturated rings. The Hall–Kier alpha value is -1.27. The summed E-state index contributed by atoms with van der Waals surface area (Å²) in [5.41, 5.74) is -0.262. The van der Waals surface area contributed by atoms with Gasteiger partial charge >= 0.3 is 0 Å². The number of carbonyl (C=O) groups excluding carboxylic acids is 1. The van der Waals surface area contributed by atoms with Crippen molar-refractivity contribution in [2.24, 2.45) is 5.14 Å². The maximum atomic E-state index is 13.0. The van der Waals surface area contributed by atoms with Crippen molar-refractivity contribution in [3.05, 3.63) is 35.6 Å². The van der Waals surface area contributed by atoms with Crippen LogP contribution in [0, 0.1) is 5.82 Å². The highest BCUT2D eigenvalue weighted by Gasteiger charge is 2.16. The fourth-order valence-corrected chi connectivity index (χ4v) is 1.47. The van der Waals surface area contributed by atoms with E-state index in [-0.39, 0.29) is 5.56 Å². The molecule has 0 saturated carbocycles. The average molecular weight is 217 g/mol. The van der Waals surface area contributed by atoms with Gasteiger partial charge in [-0.25, -0.2) is 17.9 Å². The Bertz CT molecular complexity index is 455. The normalized spacial score (nSPS) is 11.3. The summed E-state index contributed by atoms with van der Waals surface area (Å²) < 4.78 is 34.1. The summed E-state index contributed by atoms with van der Waals surface area (Å²) in [6.45, 7) is 0. The largest absolute Gasteiger partial charge is 0.293 e. The highest BCUT2D eigenvalue weighted by molar-refractivity contribution is 7.89. The lowest BCUT2D eigenvalue weighted by molar-refractivity contribution is 0.101. The summed E-state index contributed by atoms with van der Waals surface area (Å²) in [4.78, 5) is 11.2. The predicted octanol–water partition coefficient (Wildman–Crippen LogP) is 0.297. The molecule has 6 heteroatoms. The van der Waals surface area contributed by atoms with Crippen molar-refractivity contribution >= 4 is 15.8 Å². The van der Waals surface area contributed by atoms with Crippen LogP contribution in [0.4, 0.5) is 4.39 Å². The molecule has 0 heterocycles. The molecule has 0 aliphatic heterocycles. The third-order valence-corrected chi connectivity index (χ3v) is 2.17. The van der Waals surface area contributed by atoms with Gasteiger partial charge in [0.2, 0.25) is 10.0 Å². The Balaban J connectivity index is 2.97. The van der Waals surface area contributed by atoms with Gasteiger partial charge in [0.25, 0.3) is 0 Å². The second kappa shape index (κ2) is 3.85. The molecule has 0 saturated heterocycles. The van der Waals surface area contributed by atoms with Crippen LogP contribution >= 0.6 is 0 Å². The zero-order valence-corrected chi connectivity index (χ0v) is 7.92. The first-order chi connectivity index (χ1) is 6.40. The van der Waals surface area contributed by atoms with Crippen LogP contribution in [0.1, 0.15) is 10.4 Å². The number of ketones is 1. The van der Waals surface area contributed by atoms with E-state index in [0.29, 0.717) is 0 Å². The van der Waals surface area contributed by atoms with Crippen LogP contribution in [0.5, 0.6) is 0 Å². The fourth-order valence-electron chi connectivity index (χ4n) is 0.948. The van der Waals surface area contributed by atoms with Crippen molar-refractivity contribution in [3.8, 4) is 0 Å². The average Bonchev–Trinajstić information content (AvgIpc) is 2.01. The number of halogens is 1. The molecule has 0 aliphatic rings. The van der Waals surface area contributed by atoms with Gasteiger partial charge in [0, 0.05) is 0 Å². The summed E-state index contributed by atoms with van der Waals surface area (Å²) in [6.07, 6.45) is 0. The molecular formula is C8H8FNO3S. The summed E-state index contributed by atoms with van der Waals surface area (Å²) in [7, 11) is -3.90. The standard InChI is InChI=1S/C8H8FNO3S/c9-7-4-2-1-3-6(7)8(11)5-14(10,12)13/h1-4H,5H2,(H2,10,12,13). The number of primary sulfonamides is 1. The minimum absolute atomic E-state index is 0.262. The topological polar surface area (TPSA) is 77.2 Å². The Labute approximate surface area is 80.6 Å². The first-order valence-corrected chi connectivity index (χ1v) is 5.40. The summed E-state index contributed by atoms with van der Waals surface area (Å²) >= 11 is 0. The molecule has 0 aliphatic carbocycles. The van der Waals surface area contributed by atoms with Crippen LogP contribution < -0.4 is 5.14 Å². The quantitative estimate of drug-likeness (QED) is 0.739. The number of nitrogens with two attached hydrogens (primary N) is 1. The van der Waals surface area contributed by atoms with E-state index in [1.54, 1.807) is 0 Å². The SMILES string of the molecule is NS(=O)(=O)CC(=O)c1ccccc1F. The van der Waals surface area contributed by atoms with Crippen molar-refractivity contribution in [1.82, 2.24) is 0 Å². The van der Waals surface area contributed by atoms with E-state index in [2.05, 4.69) is 5.14 Å². The van der Waals surface area contributed by atoms with Crippen molar-refractivity contribution in [2.75, 3.05) is 5.75 Å². The molecular weight excluding hydrogens is 209 g/mol. The number of sulfonamides is 1. The molecule has 1 rings (SSSR count). The van der Waals surface area contributed by atoms with Gasteiger partial charge in [-0.05, 0) is 12.1 Å². The second-order valence-electron chi connectivity index (χ2n) is 2.71. The minimum atomic E-state index is -3.90. The molecule has 0 bridgehead atoms. The number of benzene rings is 1. The van der Waals surface area contributed by atoms with Gasteiger partial charge in [-0.2, -0.15) is 0 Å². The zero-order valence-electron chi connectivity index (χ0n) is 7.10. The van der Waals surface area contributed by atoms with E-state index in [1.807, 2.05) is 0 Å². The van der Waals surface area contributed by atoms with Gasteiger partial charge in [-0.3, -0.25) is 4.79 Å². The van der Waals surface area contributed by atoms with Crippen LogP contribution in [-0.2, 0) is 10.0 Å². The third-order valence-electron chi connectivity index (χ3n) is 1.51. The number of rotatable bonds is 3. The smallest absolute Gasteiger partial charge is 0.216 e. The van der Waals surface area contributed by atoms with Gasteiger partial charge in [0.1, 0.15) is 11.6 Å². The van der Waals surface area contributed by atoms with Gasteiger partial charge < -0.3 is 0 Å². The Morgan fingerprint density at radius 1 is 1.36 bits per heavy atom. The molecule has 1 aromatic carbocycles. The van der Waals surface area contributed by atoms with Crippen molar-refractivity contribution in [1.29, 1.82) is 0 Å². The van der Waals surface area contributed by atoms with Crippen LogP contribution in [0.3, 0.4) is 0 Å². The van der Waals surface area contributed by atoms with Gasteiger partial charge in [-0.15, -0.1) is 0 Å². The van der Waals surface area contributed by atoms with E-state index in [0.717, 1.165) is 6.07 Å². The van der Waals surface area contributed by atoms with Crippen LogP contribution in [-0.4, -0.2) is 20.0 Å². The molecule has 0 amide bonds. The van der Waals surface area contributed by atoms with E-state index in [1.165, 1.54) is 18.2 Å². The Morgan fingerprint density at radius 2 is 1.93 bits per heavy atom. The van der Waals surface area contributed by atoms with Gasteiger partial charge in [0.15, 0.2) is 5.78 Å². The molecule has 0 atom stereocenters. The van der Waals surface area contributed by atoms with Crippen LogP contribution in [0.2, 0.25) is 0 Å². The first-order valence-electron chi connectivity index (χ1n) is 3.68. The van der Waals surface area contributed by atoms with Crippen molar-refractivity contribution in [2.45, 2.75) is 0 Å². The Kier molecular flexibility index (Phi) is 2.97. The highest BCUT2D eigenvalue weighted by atomic mass is 32.2. The molecule has 76 valence electrons. The first kappa shape index (κ1) is 10.8. The van der Waals surface area contributed by atoms with Gasteiger partial charge in [-0.1, -0.05) is 12.1 Å². The van der Waals surface area contributed by atoms with E-state index >= 15 is 0 Å².